The highest BCUT2D eigenvalue weighted by atomic mass is 15.1. The van der Waals surface area contributed by atoms with Gasteiger partial charge in [0, 0.05) is 6.54 Å². The van der Waals surface area contributed by atoms with Crippen LogP contribution in [0.3, 0.4) is 0 Å². The lowest BCUT2D eigenvalue weighted by molar-refractivity contribution is 0.189. The fourth-order valence-electron chi connectivity index (χ4n) is 3.17. The molecule has 0 aromatic carbocycles. The Kier molecular flexibility index (Phi) is 8.01. The van der Waals surface area contributed by atoms with Gasteiger partial charge in [0.2, 0.25) is 0 Å². The Morgan fingerprint density at radius 2 is 1.47 bits per heavy atom. The molecule has 0 aromatic rings. The zero-order valence-corrected chi connectivity index (χ0v) is 13.7. The quantitative estimate of drug-likeness (QED) is 0.690. The molecule has 1 aliphatic carbocycles. The molecule has 0 radical (unpaired) electrons. The molecule has 2 atom stereocenters. The minimum Gasteiger partial charge on any atom is -0.330 e. The second kappa shape index (κ2) is 8.97. The Balaban J connectivity index is 2.42. The van der Waals surface area contributed by atoms with Gasteiger partial charge in [0.05, 0.1) is 0 Å². The van der Waals surface area contributed by atoms with Crippen LogP contribution in [-0.2, 0) is 0 Å². The molecule has 1 saturated carbocycles. The Hall–Kier alpha value is -0.0800. The van der Waals surface area contributed by atoms with Gasteiger partial charge in [-0.25, -0.2) is 0 Å². The Labute approximate surface area is 121 Å². The first-order valence-electron chi connectivity index (χ1n) is 8.45. The zero-order valence-electron chi connectivity index (χ0n) is 13.7. The van der Waals surface area contributed by atoms with E-state index in [1.807, 2.05) is 0 Å². The van der Waals surface area contributed by atoms with Gasteiger partial charge in [0.1, 0.15) is 0 Å². The molecule has 0 spiro atoms. The molecule has 1 rings (SSSR count). The summed E-state index contributed by atoms with van der Waals surface area (Å²) in [6.07, 6.45) is 6.83. The molecule has 1 fully saturated rings. The van der Waals surface area contributed by atoms with Crippen molar-refractivity contribution in [2.45, 2.75) is 59.8 Å². The molecule has 0 bridgehead atoms. The third-order valence-corrected chi connectivity index (χ3v) is 4.66. The normalized spacial score (nSPS) is 24.0. The topological polar surface area (TPSA) is 29.3 Å². The van der Waals surface area contributed by atoms with Crippen molar-refractivity contribution < 1.29 is 0 Å². The van der Waals surface area contributed by atoms with Crippen LogP contribution in [0.1, 0.15) is 59.8 Å². The summed E-state index contributed by atoms with van der Waals surface area (Å²) >= 11 is 0. The first kappa shape index (κ1) is 17.0. The van der Waals surface area contributed by atoms with E-state index >= 15 is 0 Å². The van der Waals surface area contributed by atoms with Gasteiger partial charge in [-0.3, -0.25) is 0 Å². The van der Waals surface area contributed by atoms with Gasteiger partial charge in [0.25, 0.3) is 0 Å². The van der Waals surface area contributed by atoms with E-state index in [9.17, 15) is 0 Å². The maximum absolute atomic E-state index is 5.93. The summed E-state index contributed by atoms with van der Waals surface area (Å²) in [7, 11) is 0. The van der Waals surface area contributed by atoms with Crippen molar-refractivity contribution in [2.75, 3.05) is 26.2 Å². The largest absolute Gasteiger partial charge is 0.330 e. The molecule has 19 heavy (non-hydrogen) atoms. The van der Waals surface area contributed by atoms with Crippen molar-refractivity contribution in [2.24, 2.45) is 29.4 Å². The maximum Gasteiger partial charge on any atom is 0.00128 e. The second-order valence-electron chi connectivity index (χ2n) is 7.35. The van der Waals surface area contributed by atoms with Crippen LogP contribution in [0, 0.1) is 23.7 Å². The van der Waals surface area contributed by atoms with E-state index in [1.54, 1.807) is 0 Å². The molecule has 0 heterocycles. The smallest absolute Gasteiger partial charge is 0.00128 e. The third-order valence-electron chi connectivity index (χ3n) is 4.66. The van der Waals surface area contributed by atoms with Crippen molar-refractivity contribution in [3.8, 4) is 0 Å². The summed E-state index contributed by atoms with van der Waals surface area (Å²) < 4.78 is 0. The molecule has 2 heteroatoms. The number of hydrogen-bond donors (Lipinski definition) is 1. The van der Waals surface area contributed by atoms with Gasteiger partial charge in [-0.05, 0) is 69.0 Å². The highest BCUT2D eigenvalue weighted by Crippen LogP contribution is 2.31. The van der Waals surface area contributed by atoms with E-state index in [2.05, 4.69) is 32.6 Å². The fourth-order valence-corrected chi connectivity index (χ4v) is 3.17. The minimum absolute atomic E-state index is 0.792. The molecular weight excluding hydrogens is 232 g/mol. The van der Waals surface area contributed by atoms with Crippen LogP contribution in [0.5, 0.6) is 0 Å². The van der Waals surface area contributed by atoms with Gasteiger partial charge < -0.3 is 10.6 Å². The first-order valence-corrected chi connectivity index (χ1v) is 8.45. The average molecular weight is 268 g/mol. The molecule has 0 aliphatic heterocycles. The summed E-state index contributed by atoms with van der Waals surface area (Å²) in [4.78, 5) is 2.72. The molecule has 114 valence electrons. The van der Waals surface area contributed by atoms with E-state index in [-0.39, 0.29) is 0 Å². The predicted molar refractivity (Wildman–Crippen MR) is 85.2 cm³/mol. The Bertz CT molecular complexity index is 213. The summed E-state index contributed by atoms with van der Waals surface area (Å²) in [6.45, 7) is 14.1. The lowest BCUT2D eigenvalue weighted by Gasteiger charge is -2.29. The van der Waals surface area contributed by atoms with Crippen molar-refractivity contribution in [3.05, 3.63) is 0 Å². The Morgan fingerprint density at radius 3 is 1.95 bits per heavy atom. The molecule has 2 nitrogen and oxygen atoms in total. The number of nitrogens with zero attached hydrogens (tertiary/aromatic N) is 1. The van der Waals surface area contributed by atoms with Gasteiger partial charge in [0.15, 0.2) is 0 Å². The third kappa shape index (κ3) is 6.76. The molecular formula is C17H36N2. The summed E-state index contributed by atoms with van der Waals surface area (Å²) in [5.74, 6) is 3.29. The summed E-state index contributed by atoms with van der Waals surface area (Å²) in [6, 6.07) is 0. The van der Waals surface area contributed by atoms with Gasteiger partial charge in [-0.1, -0.05) is 34.1 Å². The standard InChI is InChI=1S/C17H36N2/c1-14(2)8-10-19(11-9-15(3)4)13-17-7-5-6-16(17)12-18/h14-17H,5-13,18H2,1-4H3. The number of rotatable bonds is 9. The van der Waals surface area contributed by atoms with Crippen molar-refractivity contribution >= 4 is 0 Å². The predicted octanol–water partition coefficient (Wildman–Crippen LogP) is 3.76. The zero-order chi connectivity index (χ0) is 14.3. The fraction of sp³-hybridized carbons (Fsp3) is 1.00. The average Bonchev–Trinajstić information content (AvgIpc) is 2.79. The van der Waals surface area contributed by atoms with E-state index < -0.39 is 0 Å². The van der Waals surface area contributed by atoms with Crippen molar-refractivity contribution in [1.82, 2.24) is 4.90 Å². The SMILES string of the molecule is CC(C)CCN(CCC(C)C)CC1CCCC1CN. The molecule has 2 N–H and O–H groups in total. The maximum atomic E-state index is 5.93. The van der Waals surface area contributed by atoms with Gasteiger partial charge >= 0.3 is 0 Å². The second-order valence-corrected chi connectivity index (χ2v) is 7.35. The van der Waals surface area contributed by atoms with E-state index in [4.69, 9.17) is 5.73 Å². The van der Waals surface area contributed by atoms with Crippen molar-refractivity contribution in [3.63, 3.8) is 0 Å². The van der Waals surface area contributed by atoms with Gasteiger partial charge in [-0.2, -0.15) is 0 Å². The lowest BCUT2D eigenvalue weighted by atomic mass is 9.95. The summed E-state index contributed by atoms with van der Waals surface area (Å²) in [5.41, 5.74) is 5.93. The highest BCUT2D eigenvalue weighted by Gasteiger charge is 2.27. The molecule has 2 unspecified atom stereocenters. The van der Waals surface area contributed by atoms with E-state index in [0.717, 1.165) is 30.2 Å². The van der Waals surface area contributed by atoms with Crippen molar-refractivity contribution in [1.29, 1.82) is 0 Å². The Morgan fingerprint density at radius 1 is 0.947 bits per heavy atom. The van der Waals surface area contributed by atoms with Crippen LogP contribution in [0.15, 0.2) is 0 Å². The lowest BCUT2D eigenvalue weighted by Crippen LogP contribution is -2.35. The molecule has 0 aromatic heterocycles. The minimum atomic E-state index is 0.792. The van der Waals surface area contributed by atoms with Crippen LogP contribution in [-0.4, -0.2) is 31.1 Å². The first-order chi connectivity index (χ1) is 9.02. The van der Waals surface area contributed by atoms with Crippen LogP contribution in [0.4, 0.5) is 0 Å². The number of nitrogens with two attached hydrogens (primary N) is 1. The number of hydrogen-bond acceptors (Lipinski definition) is 2. The van der Waals surface area contributed by atoms with E-state index in [1.165, 1.54) is 51.7 Å². The van der Waals surface area contributed by atoms with E-state index in [0.29, 0.717) is 0 Å². The highest BCUT2D eigenvalue weighted by molar-refractivity contribution is 4.81. The monoisotopic (exact) mass is 268 g/mol. The summed E-state index contributed by atoms with van der Waals surface area (Å²) in [5, 5.41) is 0. The molecule has 0 amide bonds. The molecule has 0 saturated heterocycles. The molecule has 1 aliphatic rings. The van der Waals surface area contributed by atoms with Gasteiger partial charge in [-0.15, -0.1) is 0 Å². The van der Waals surface area contributed by atoms with Crippen LogP contribution >= 0.6 is 0 Å². The van der Waals surface area contributed by atoms with Crippen LogP contribution < -0.4 is 5.73 Å². The van der Waals surface area contributed by atoms with Crippen LogP contribution in [0.25, 0.3) is 0 Å². The van der Waals surface area contributed by atoms with Crippen LogP contribution in [0.2, 0.25) is 0 Å².